The van der Waals surface area contributed by atoms with Crippen LogP contribution in [0.1, 0.15) is 36.5 Å². The number of para-hydroxylation sites is 1. The molecule has 0 fully saturated rings. The zero-order chi connectivity index (χ0) is 18.8. The fourth-order valence-electron chi connectivity index (χ4n) is 2.73. The van der Waals surface area contributed by atoms with E-state index >= 15 is 0 Å². The zero-order valence-corrected chi connectivity index (χ0v) is 16.4. The normalized spacial score (nSPS) is 12.3. The van der Waals surface area contributed by atoms with E-state index in [1.54, 1.807) is 10.8 Å². The first-order valence-corrected chi connectivity index (χ1v) is 9.54. The number of hydrogen-bond acceptors (Lipinski definition) is 5. The van der Waals surface area contributed by atoms with E-state index in [0.29, 0.717) is 28.2 Å². The molecule has 0 saturated heterocycles. The molecule has 5 nitrogen and oxygen atoms in total. The van der Waals surface area contributed by atoms with Crippen LogP contribution in [0.4, 0.5) is 0 Å². The van der Waals surface area contributed by atoms with Crippen LogP contribution >= 0.6 is 22.9 Å². The fourth-order valence-corrected chi connectivity index (χ4v) is 4.00. The summed E-state index contributed by atoms with van der Waals surface area (Å²) in [5.74, 6) is -0.755. The summed E-state index contributed by atoms with van der Waals surface area (Å²) in [7, 11) is 0. The van der Waals surface area contributed by atoms with Crippen molar-refractivity contribution in [3.8, 4) is 0 Å². The number of rotatable bonds is 6. The smallest absolute Gasteiger partial charge is 0.134 e. The first-order valence-electron chi connectivity index (χ1n) is 8.34. The Labute approximate surface area is 160 Å². The molecule has 0 aliphatic rings. The van der Waals surface area contributed by atoms with E-state index in [4.69, 9.17) is 11.6 Å². The maximum Gasteiger partial charge on any atom is 0.134 e. The van der Waals surface area contributed by atoms with Crippen LogP contribution in [0.5, 0.6) is 0 Å². The van der Waals surface area contributed by atoms with Gasteiger partial charge in [-0.1, -0.05) is 37.6 Å². The molecule has 0 atom stereocenters. The molecule has 2 aromatic heterocycles. The van der Waals surface area contributed by atoms with E-state index < -0.39 is 5.97 Å². The Hall–Kier alpha value is -2.18. The lowest BCUT2D eigenvalue weighted by Crippen LogP contribution is -2.22. The molecule has 0 aliphatic carbocycles. The van der Waals surface area contributed by atoms with E-state index in [-0.39, 0.29) is 6.42 Å². The number of aromatic nitrogens is 3. The number of benzene rings is 1. The molecule has 1 aromatic carbocycles. The van der Waals surface area contributed by atoms with Gasteiger partial charge in [0.25, 0.3) is 0 Å². The number of aliphatic carboxylic acids is 1. The number of carbonyl (C=O) groups excluding carboxylic acids is 1. The van der Waals surface area contributed by atoms with Crippen LogP contribution < -0.4 is 5.11 Å². The van der Waals surface area contributed by atoms with Gasteiger partial charge in [-0.05, 0) is 36.6 Å². The molecule has 0 bridgehead atoms. The number of fused-ring (bicyclic) bond motifs is 1. The molecule has 7 heteroatoms. The molecule has 0 N–H and O–H groups in total. The molecule has 2 heterocycles. The van der Waals surface area contributed by atoms with Gasteiger partial charge in [-0.2, -0.15) is 5.10 Å². The van der Waals surface area contributed by atoms with Crippen LogP contribution in [0.2, 0.25) is 5.15 Å². The topological polar surface area (TPSA) is 70.8 Å². The van der Waals surface area contributed by atoms with Crippen LogP contribution in [0.25, 0.3) is 21.9 Å². The summed E-state index contributed by atoms with van der Waals surface area (Å²) in [5.41, 5.74) is 2.89. The molecule has 0 unspecified atom stereocenters. The highest BCUT2D eigenvalue weighted by Crippen LogP contribution is 2.32. The molecule has 3 aromatic rings. The maximum atomic E-state index is 11.3. The van der Waals surface area contributed by atoms with Crippen molar-refractivity contribution in [3.63, 3.8) is 0 Å². The Kier molecular flexibility index (Phi) is 5.44. The average Bonchev–Trinajstić information content (AvgIpc) is 3.10. The number of carboxylic acids is 1. The Morgan fingerprint density at radius 2 is 2.12 bits per heavy atom. The summed E-state index contributed by atoms with van der Waals surface area (Å²) in [6.45, 7) is 6.74. The van der Waals surface area contributed by atoms with Crippen molar-refractivity contribution in [1.29, 1.82) is 0 Å². The molecule has 3 rings (SSSR count). The van der Waals surface area contributed by atoms with Gasteiger partial charge in [0.05, 0.1) is 15.9 Å². The molecular formula is C19H19ClN3O2S-. The highest BCUT2D eigenvalue weighted by molar-refractivity contribution is 7.19. The summed E-state index contributed by atoms with van der Waals surface area (Å²) < 4.78 is 2.76. The summed E-state index contributed by atoms with van der Waals surface area (Å²) in [5, 5.41) is 16.9. The first kappa shape index (κ1) is 18.6. The largest absolute Gasteiger partial charge is 0.550 e. The summed E-state index contributed by atoms with van der Waals surface area (Å²) in [4.78, 5) is 15.8. The second kappa shape index (κ2) is 7.60. The minimum absolute atomic E-state index is 0.231. The summed E-state index contributed by atoms with van der Waals surface area (Å²) >= 11 is 7.95. The van der Waals surface area contributed by atoms with Crippen molar-refractivity contribution >= 4 is 50.8 Å². The molecule has 0 aliphatic heterocycles. The number of nitrogens with zero attached hydrogens (tertiary/aromatic N) is 3. The first-order chi connectivity index (χ1) is 12.3. The zero-order valence-electron chi connectivity index (χ0n) is 14.8. The monoisotopic (exact) mass is 388 g/mol. The van der Waals surface area contributed by atoms with Crippen molar-refractivity contribution in [3.05, 3.63) is 45.7 Å². The number of carbonyl (C=O) groups is 1. The van der Waals surface area contributed by atoms with Gasteiger partial charge in [-0.15, -0.1) is 11.3 Å². The lowest BCUT2D eigenvalue weighted by Gasteiger charge is -2.07. The van der Waals surface area contributed by atoms with Crippen molar-refractivity contribution < 1.29 is 9.90 Å². The van der Waals surface area contributed by atoms with E-state index in [2.05, 4.69) is 23.9 Å². The van der Waals surface area contributed by atoms with Gasteiger partial charge in [-0.25, -0.2) is 4.98 Å². The highest BCUT2D eigenvalue weighted by Gasteiger charge is 2.16. The van der Waals surface area contributed by atoms with Crippen LogP contribution in [-0.2, 0) is 11.3 Å². The van der Waals surface area contributed by atoms with Crippen LogP contribution in [0, 0.1) is 12.8 Å². The standard InChI is InChI=1S/C19H20ClN3O2S/c1-11(2)10-23-18(20)14(12(3)22-23)8-13(9-17(24)25)19-21-15-6-4-5-7-16(15)26-19/h4-8,11H,9-10H2,1-3H3,(H,24,25)/p-1/b13-8+. The van der Waals surface area contributed by atoms with Crippen LogP contribution in [0.15, 0.2) is 24.3 Å². The van der Waals surface area contributed by atoms with Gasteiger partial charge in [0, 0.05) is 24.5 Å². The van der Waals surface area contributed by atoms with Crippen LogP contribution in [-0.4, -0.2) is 20.7 Å². The fraction of sp³-hybridized carbons (Fsp3) is 0.316. The van der Waals surface area contributed by atoms with E-state index in [1.165, 1.54) is 11.3 Å². The number of hydrogen-bond donors (Lipinski definition) is 0. The van der Waals surface area contributed by atoms with E-state index in [1.807, 2.05) is 31.2 Å². The Morgan fingerprint density at radius 1 is 1.38 bits per heavy atom. The van der Waals surface area contributed by atoms with E-state index in [9.17, 15) is 9.90 Å². The molecule has 0 saturated carbocycles. The van der Waals surface area contributed by atoms with E-state index in [0.717, 1.165) is 21.5 Å². The maximum absolute atomic E-state index is 11.3. The van der Waals surface area contributed by atoms with Gasteiger partial charge >= 0.3 is 0 Å². The SMILES string of the molecule is Cc1nn(CC(C)C)c(Cl)c1/C=C(\CC(=O)[O-])c1nc2ccccc2s1. The van der Waals surface area contributed by atoms with Gasteiger partial charge in [0.1, 0.15) is 10.2 Å². The third-order valence-electron chi connectivity index (χ3n) is 3.87. The Bertz CT molecular complexity index is 955. The van der Waals surface area contributed by atoms with Gasteiger partial charge < -0.3 is 9.90 Å². The summed E-state index contributed by atoms with van der Waals surface area (Å²) in [6, 6.07) is 7.71. The number of carboxylic acid groups (broad SMARTS) is 1. The molecule has 0 radical (unpaired) electrons. The van der Waals surface area contributed by atoms with Crippen molar-refractivity contribution in [2.24, 2.45) is 5.92 Å². The van der Waals surface area contributed by atoms with Gasteiger partial charge in [-0.3, -0.25) is 4.68 Å². The van der Waals surface area contributed by atoms with Crippen molar-refractivity contribution in [2.75, 3.05) is 0 Å². The predicted molar refractivity (Wildman–Crippen MR) is 104 cm³/mol. The quantitative estimate of drug-likeness (QED) is 0.644. The lowest BCUT2D eigenvalue weighted by molar-refractivity contribution is -0.304. The van der Waals surface area contributed by atoms with Crippen LogP contribution in [0.3, 0.4) is 0 Å². The number of halogens is 1. The predicted octanol–water partition coefficient (Wildman–Crippen LogP) is 3.79. The third-order valence-corrected chi connectivity index (χ3v) is 5.38. The Morgan fingerprint density at radius 3 is 2.77 bits per heavy atom. The lowest BCUT2D eigenvalue weighted by atomic mass is 10.1. The van der Waals surface area contributed by atoms with Gasteiger partial charge in [0.15, 0.2) is 0 Å². The second-order valence-electron chi connectivity index (χ2n) is 6.57. The third kappa shape index (κ3) is 3.97. The molecule has 0 amide bonds. The van der Waals surface area contributed by atoms with Crippen molar-refractivity contribution in [2.45, 2.75) is 33.7 Å². The number of aryl methyl sites for hydroxylation is 1. The minimum atomic E-state index is -1.15. The molecule has 26 heavy (non-hydrogen) atoms. The van der Waals surface area contributed by atoms with Crippen molar-refractivity contribution in [1.82, 2.24) is 14.8 Å². The minimum Gasteiger partial charge on any atom is -0.550 e. The highest BCUT2D eigenvalue weighted by atomic mass is 35.5. The van der Waals surface area contributed by atoms with Gasteiger partial charge in [0.2, 0.25) is 0 Å². The number of thiazole rings is 1. The average molecular weight is 389 g/mol. The summed E-state index contributed by atoms with van der Waals surface area (Å²) in [6.07, 6.45) is 1.54. The Balaban J connectivity index is 2.08. The molecule has 136 valence electrons. The molecular weight excluding hydrogens is 370 g/mol. The molecule has 0 spiro atoms. The second-order valence-corrected chi connectivity index (χ2v) is 7.96.